The van der Waals surface area contributed by atoms with E-state index in [9.17, 15) is 33.6 Å². The highest BCUT2D eigenvalue weighted by Crippen LogP contribution is 2.41. The molecule has 1 fully saturated rings. The van der Waals surface area contributed by atoms with Gasteiger partial charge in [-0.05, 0) is 52.8 Å². The number of hydrogen-bond donors (Lipinski definition) is 3. The maximum Gasteiger partial charge on any atom is 0.355 e. The molecule has 0 saturated carbocycles. The number of thioether (sulfide) groups is 1. The Morgan fingerprint density at radius 3 is 2.25 bits per heavy atom. The van der Waals surface area contributed by atoms with Crippen LogP contribution in [0.2, 0.25) is 0 Å². The number of hydrogen-bond acceptors (Lipinski definition) is 17. The van der Waals surface area contributed by atoms with Crippen molar-refractivity contribution in [3.05, 3.63) is 46.1 Å². The van der Waals surface area contributed by atoms with Crippen molar-refractivity contribution in [3.63, 3.8) is 0 Å². The molecule has 2 aliphatic rings. The number of esters is 4. The molecule has 1 aromatic heterocycles. The molecule has 4 rings (SSSR count). The summed E-state index contributed by atoms with van der Waals surface area (Å²) < 4.78 is 21.2. The second kappa shape index (κ2) is 15.4. The Hall–Kier alpha value is -5.50. The van der Waals surface area contributed by atoms with Crippen molar-refractivity contribution in [2.45, 2.75) is 71.1 Å². The van der Waals surface area contributed by atoms with Crippen LogP contribution in [0.3, 0.4) is 0 Å². The third kappa shape index (κ3) is 9.23. The summed E-state index contributed by atoms with van der Waals surface area (Å²) in [5.41, 5.74) is 8.16. The van der Waals surface area contributed by atoms with Crippen molar-refractivity contribution in [1.29, 1.82) is 0 Å². The third-order valence-corrected chi connectivity index (χ3v) is 8.94. The van der Waals surface area contributed by atoms with Gasteiger partial charge in [-0.1, -0.05) is 5.16 Å². The number of rotatable bonds is 12. The number of nitrogen functional groups attached to an aromatic ring is 1. The van der Waals surface area contributed by atoms with E-state index >= 15 is 0 Å². The molecule has 2 aliphatic heterocycles. The van der Waals surface area contributed by atoms with Gasteiger partial charge in [-0.25, -0.2) is 14.6 Å². The van der Waals surface area contributed by atoms with Crippen LogP contribution >= 0.6 is 23.1 Å². The smallest absolute Gasteiger partial charge is 0.355 e. The highest BCUT2D eigenvalue weighted by Gasteiger charge is 2.55. The van der Waals surface area contributed by atoms with Crippen LogP contribution in [-0.4, -0.2) is 92.2 Å². The van der Waals surface area contributed by atoms with Crippen LogP contribution in [-0.2, 0) is 43.1 Å². The Morgan fingerprint density at radius 1 is 1.02 bits per heavy atom. The van der Waals surface area contributed by atoms with Crippen molar-refractivity contribution in [2.75, 3.05) is 18.1 Å². The van der Waals surface area contributed by atoms with Crippen LogP contribution in [0.15, 0.2) is 40.0 Å². The Bertz CT molecular complexity index is 1900. The number of ether oxygens (including phenoxy) is 4. The second-order valence-electron chi connectivity index (χ2n) is 12.7. The van der Waals surface area contributed by atoms with E-state index in [2.05, 4.69) is 15.5 Å². The number of amides is 3. The van der Waals surface area contributed by atoms with Gasteiger partial charge in [0.15, 0.2) is 22.3 Å². The SMILES string of the molecule is CC(=O)Oc1ccc(C(=O)OCC2=C(C(=O)OC(C)(C)C)N3C(=O)C(NC(=O)C(=NOC(C)(C)C(N)=O)c4csc(N)n4)[C@H]3SC2)cc1OC(C)=O. The molecule has 278 valence electrons. The quantitative estimate of drug-likeness (QED) is 0.0909. The monoisotopic (exact) mass is 760 g/mol. The molecule has 0 radical (unpaired) electrons. The molecule has 5 N–H and O–H groups in total. The highest BCUT2D eigenvalue weighted by molar-refractivity contribution is 8.00. The number of nitrogens with two attached hydrogens (primary N) is 2. The first-order valence-electron chi connectivity index (χ1n) is 15.3. The van der Waals surface area contributed by atoms with Gasteiger partial charge in [0, 0.05) is 30.6 Å². The first-order valence-corrected chi connectivity index (χ1v) is 17.3. The zero-order chi connectivity index (χ0) is 38.7. The number of nitrogens with one attached hydrogen (secondary N) is 1. The predicted octanol–water partition coefficient (Wildman–Crippen LogP) is 1.41. The number of aromatic nitrogens is 1. The topological polar surface area (TPSA) is 258 Å². The summed E-state index contributed by atoms with van der Waals surface area (Å²) in [5.74, 6) is -5.82. The van der Waals surface area contributed by atoms with Crippen LogP contribution in [0, 0.1) is 0 Å². The molecule has 0 spiro atoms. The molecule has 1 unspecified atom stereocenters. The number of carbonyl (C=O) groups is 7. The van der Waals surface area contributed by atoms with E-state index in [4.69, 9.17) is 35.3 Å². The number of carbonyl (C=O) groups excluding carboxylic acids is 7. The summed E-state index contributed by atoms with van der Waals surface area (Å²) in [7, 11) is 0. The van der Waals surface area contributed by atoms with Gasteiger partial charge in [0.05, 0.1) is 5.56 Å². The first kappa shape index (κ1) is 39.3. The van der Waals surface area contributed by atoms with Gasteiger partial charge in [-0.15, -0.1) is 23.1 Å². The lowest BCUT2D eigenvalue weighted by Crippen LogP contribution is -2.71. The average Bonchev–Trinajstić information content (AvgIpc) is 3.46. The molecule has 20 heteroatoms. The Labute approximate surface area is 305 Å². The van der Waals surface area contributed by atoms with Crippen molar-refractivity contribution in [3.8, 4) is 11.5 Å². The molecule has 3 heterocycles. The van der Waals surface area contributed by atoms with Crippen LogP contribution < -0.4 is 26.3 Å². The lowest BCUT2D eigenvalue weighted by atomic mass is 10.0. The molecule has 3 amide bonds. The summed E-state index contributed by atoms with van der Waals surface area (Å²) in [6.07, 6.45) is 0. The zero-order valence-electron chi connectivity index (χ0n) is 29.1. The van der Waals surface area contributed by atoms with Crippen LogP contribution in [0.4, 0.5) is 5.13 Å². The van der Waals surface area contributed by atoms with E-state index < -0.39 is 70.8 Å². The third-order valence-electron chi connectivity index (χ3n) is 6.93. The lowest BCUT2D eigenvalue weighted by Gasteiger charge is -2.49. The van der Waals surface area contributed by atoms with E-state index in [1.165, 1.54) is 43.1 Å². The van der Waals surface area contributed by atoms with E-state index in [0.29, 0.717) is 0 Å². The van der Waals surface area contributed by atoms with E-state index in [1.54, 1.807) is 20.8 Å². The fourth-order valence-electron chi connectivity index (χ4n) is 4.47. The number of β-lactam (4-membered cyclic amide) rings is 1. The van der Waals surface area contributed by atoms with E-state index in [0.717, 1.165) is 36.2 Å². The normalized spacial score (nSPS) is 17.3. The molecule has 1 saturated heterocycles. The number of thiazole rings is 1. The fourth-order valence-corrected chi connectivity index (χ4v) is 6.34. The van der Waals surface area contributed by atoms with Gasteiger partial charge in [0.2, 0.25) is 5.60 Å². The first-order chi connectivity index (χ1) is 24.2. The molecule has 2 aromatic rings. The van der Waals surface area contributed by atoms with E-state index in [1.807, 2.05) is 0 Å². The Kier molecular flexibility index (Phi) is 11.6. The minimum absolute atomic E-state index is 0.0135. The van der Waals surface area contributed by atoms with Gasteiger partial charge in [-0.2, -0.15) is 0 Å². The summed E-state index contributed by atoms with van der Waals surface area (Å²) in [6.45, 7) is 9.42. The molecule has 2 atom stereocenters. The predicted molar refractivity (Wildman–Crippen MR) is 185 cm³/mol. The molecule has 18 nitrogen and oxygen atoms in total. The minimum Gasteiger partial charge on any atom is -0.457 e. The number of oxime groups is 1. The highest BCUT2D eigenvalue weighted by atomic mass is 32.2. The van der Waals surface area contributed by atoms with Crippen molar-refractivity contribution < 1.29 is 57.3 Å². The molecule has 1 aromatic carbocycles. The van der Waals surface area contributed by atoms with Crippen LogP contribution in [0.25, 0.3) is 0 Å². The lowest BCUT2D eigenvalue weighted by molar-refractivity contribution is -0.159. The standard InChI is InChI=1S/C32H36N6O12S2/c1-14(39)47-19-9-8-16(10-20(19)48-15(2)40)27(43)46-11-17-12-51-26-22(25(42)38(26)23(17)28(44)49-31(3,4)5)36-24(41)21(18-13-52-30(34)35-18)37-50-32(6,7)29(33)45/h8-10,13,22,26H,11-12H2,1-7H3,(H2,33,45)(H2,34,35)(H,36,41)/t22?,26-/m1/s1. The van der Waals surface area contributed by atoms with Crippen molar-refractivity contribution in [1.82, 2.24) is 15.2 Å². The Balaban J connectivity index is 1.58. The minimum atomic E-state index is -1.60. The zero-order valence-corrected chi connectivity index (χ0v) is 30.7. The Morgan fingerprint density at radius 2 is 1.67 bits per heavy atom. The maximum absolute atomic E-state index is 13.6. The number of benzene rings is 1. The summed E-state index contributed by atoms with van der Waals surface area (Å²) >= 11 is 2.19. The fraction of sp³-hybridized carbons (Fsp3) is 0.406. The number of fused-ring (bicyclic) bond motifs is 1. The van der Waals surface area contributed by atoms with Crippen LogP contribution in [0.5, 0.6) is 11.5 Å². The molecule has 52 heavy (non-hydrogen) atoms. The summed E-state index contributed by atoms with van der Waals surface area (Å²) in [4.78, 5) is 99.0. The van der Waals surface area contributed by atoms with Crippen LogP contribution in [0.1, 0.15) is 64.5 Å². The number of anilines is 1. The van der Waals surface area contributed by atoms with Crippen molar-refractivity contribution >= 4 is 75.5 Å². The van der Waals surface area contributed by atoms with Gasteiger partial charge in [0.25, 0.3) is 17.7 Å². The van der Waals surface area contributed by atoms with Gasteiger partial charge >= 0.3 is 23.9 Å². The summed E-state index contributed by atoms with van der Waals surface area (Å²) in [5, 5.41) is 7.16. The number of primary amides is 1. The summed E-state index contributed by atoms with van der Waals surface area (Å²) in [6, 6.07) is 2.53. The van der Waals surface area contributed by atoms with Gasteiger partial charge < -0.3 is 40.6 Å². The second-order valence-corrected chi connectivity index (χ2v) is 14.7. The average molecular weight is 761 g/mol. The maximum atomic E-state index is 13.6. The molecule has 0 bridgehead atoms. The van der Waals surface area contributed by atoms with Crippen molar-refractivity contribution in [2.24, 2.45) is 10.9 Å². The number of nitrogens with zero attached hydrogens (tertiary/aromatic N) is 3. The molecular weight excluding hydrogens is 725 g/mol. The van der Waals surface area contributed by atoms with E-state index in [-0.39, 0.29) is 50.6 Å². The van der Waals surface area contributed by atoms with Gasteiger partial charge in [-0.3, -0.25) is 28.9 Å². The molecule has 0 aliphatic carbocycles. The molecular formula is C32H36N6O12S2. The van der Waals surface area contributed by atoms with Gasteiger partial charge in [0.1, 0.15) is 35.0 Å². The largest absolute Gasteiger partial charge is 0.457 e.